The van der Waals surface area contributed by atoms with Crippen LogP contribution in [-0.2, 0) is 10.9 Å². The van der Waals surface area contributed by atoms with Crippen LogP contribution < -0.4 is 15.0 Å². The highest BCUT2D eigenvalue weighted by atomic mass is 32.1. The maximum Gasteiger partial charge on any atom is 0.417 e. The van der Waals surface area contributed by atoms with Crippen LogP contribution in [0.3, 0.4) is 0 Å². The van der Waals surface area contributed by atoms with Gasteiger partial charge in [-0.3, -0.25) is 0 Å². The molecule has 0 saturated carbocycles. The zero-order valence-electron chi connectivity index (χ0n) is 18.1. The van der Waals surface area contributed by atoms with Gasteiger partial charge in [0.25, 0.3) is 0 Å². The fraction of sp³-hybridized carbons (Fsp3) is 0.261. The van der Waals surface area contributed by atoms with Crippen molar-refractivity contribution in [1.29, 1.82) is 0 Å². The average molecular weight is 488 g/mol. The van der Waals surface area contributed by atoms with Gasteiger partial charge in [0.15, 0.2) is 0 Å². The summed E-state index contributed by atoms with van der Waals surface area (Å²) in [6, 6.07) is 9.17. The standard InChI is InChI=1S/C23H20F3N5O2S/c1-32-21-17(6-7-19(29-21)31-8-10-33-11-9-31)28-22-27-12-18-20(30-22)15(13-34-18)14-4-2-3-5-16(14)23(24,25)26/h2-7,12-13H,8-11H2,1H3,(H,27,28,30). The molecule has 0 atom stereocenters. The minimum atomic E-state index is -4.47. The third-order valence-corrected chi connectivity index (χ3v) is 6.36. The Labute approximate surface area is 197 Å². The number of alkyl halides is 3. The van der Waals surface area contributed by atoms with Crippen LogP contribution in [0, 0.1) is 0 Å². The van der Waals surface area contributed by atoms with E-state index in [9.17, 15) is 13.2 Å². The molecule has 176 valence electrons. The van der Waals surface area contributed by atoms with E-state index in [0.717, 1.165) is 25.0 Å². The summed E-state index contributed by atoms with van der Waals surface area (Å²) in [6.45, 7) is 2.75. The summed E-state index contributed by atoms with van der Waals surface area (Å²) >= 11 is 1.30. The third kappa shape index (κ3) is 4.36. The number of ether oxygens (including phenoxy) is 2. The van der Waals surface area contributed by atoms with Gasteiger partial charge in [0.1, 0.15) is 11.5 Å². The Kier molecular flexibility index (Phi) is 5.96. The van der Waals surface area contributed by atoms with Crippen LogP contribution in [-0.4, -0.2) is 48.4 Å². The summed E-state index contributed by atoms with van der Waals surface area (Å²) in [4.78, 5) is 15.5. The number of thiophene rings is 1. The van der Waals surface area contributed by atoms with Gasteiger partial charge < -0.3 is 19.7 Å². The average Bonchev–Trinajstić information content (AvgIpc) is 3.27. The molecule has 1 aliphatic rings. The lowest BCUT2D eigenvalue weighted by molar-refractivity contribution is -0.137. The van der Waals surface area contributed by atoms with Crippen LogP contribution in [0.5, 0.6) is 5.88 Å². The van der Waals surface area contributed by atoms with Crippen LogP contribution >= 0.6 is 11.3 Å². The Balaban J connectivity index is 1.48. The number of morpholine rings is 1. The van der Waals surface area contributed by atoms with Gasteiger partial charge >= 0.3 is 6.18 Å². The summed E-state index contributed by atoms with van der Waals surface area (Å²) < 4.78 is 52.3. The molecule has 1 fully saturated rings. The smallest absolute Gasteiger partial charge is 0.417 e. The number of benzene rings is 1. The largest absolute Gasteiger partial charge is 0.479 e. The van der Waals surface area contributed by atoms with Crippen molar-refractivity contribution in [1.82, 2.24) is 15.0 Å². The van der Waals surface area contributed by atoms with Crippen LogP contribution in [0.1, 0.15) is 5.56 Å². The molecule has 4 aromatic rings. The van der Waals surface area contributed by atoms with Gasteiger partial charge in [-0.15, -0.1) is 11.3 Å². The van der Waals surface area contributed by atoms with Gasteiger partial charge in [-0.25, -0.2) is 9.97 Å². The number of aromatic nitrogens is 3. The zero-order valence-corrected chi connectivity index (χ0v) is 18.9. The number of anilines is 3. The van der Waals surface area contributed by atoms with Crippen molar-refractivity contribution in [2.45, 2.75) is 6.18 Å². The summed E-state index contributed by atoms with van der Waals surface area (Å²) in [6.07, 6.45) is -2.88. The van der Waals surface area contributed by atoms with E-state index in [-0.39, 0.29) is 11.5 Å². The Morgan fingerprint density at radius 1 is 1.06 bits per heavy atom. The molecule has 0 unspecified atom stereocenters. The number of nitrogens with zero attached hydrogens (tertiary/aromatic N) is 4. The highest BCUT2D eigenvalue weighted by molar-refractivity contribution is 7.17. The van der Waals surface area contributed by atoms with Crippen LogP contribution in [0.4, 0.5) is 30.6 Å². The summed E-state index contributed by atoms with van der Waals surface area (Å²) in [5.74, 6) is 1.36. The topological polar surface area (TPSA) is 72.4 Å². The lowest BCUT2D eigenvalue weighted by atomic mass is 10.0. The SMILES string of the molecule is COc1nc(N2CCOCC2)ccc1Nc1ncc2scc(-c3ccccc3C(F)(F)F)c2n1. The third-order valence-electron chi connectivity index (χ3n) is 5.46. The molecule has 11 heteroatoms. The van der Waals surface area contributed by atoms with Gasteiger partial charge in [0.2, 0.25) is 11.8 Å². The maximum atomic E-state index is 13.6. The fourth-order valence-electron chi connectivity index (χ4n) is 3.82. The second-order valence-corrected chi connectivity index (χ2v) is 8.46. The molecule has 1 N–H and O–H groups in total. The molecule has 5 rings (SSSR count). The molecule has 7 nitrogen and oxygen atoms in total. The van der Waals surface area contributed by atoms with E-state index in [0.29, 0.717) is 40.6 Å². The molecule has 34 heavy (non-hydrogen) atoms. The van der Waals surface area contributed by atoms with E-state index in [1.165, 1.54) is 30.6 Å². The molecule has 0 amide bonds. The molecule has 1 saturated heterocycles. The fourth-order valence-corrected chi connectivity index (χ4v) is 4.68. The minimum Gasteiger partial charge on any atom is -0.479 e. The Morgan fingerprint density at radius 3 is 2.62 bits per heavy atom. The number of hydrogen-bond donors (Lipinski definition) is 1. The Bertz CT molecular complexity index is 1320. The number of pyridine rings is 1. The van der Waals surface area contributed by atoms with Crippen LogP contribution in [0.25, 0.3) is 21.3 Å². The van der Waals surface area contributed by atoms with Crippen molar-refractivity contribution in [3.63, 3.8) is 0 Å². The van der Waals surface area contributed by atoms with Crippen LogP contribution in [0.2, 0.25) is 0 Å². The number of nitrogens with one attached hydrogen (secondary N) is 1. The van der Waals surface area contributed by atoms with E-state index in [1.54, 1.807) is 17.6 Å². The zero-order chi connectivity index (χ0) is 23.7. The van der Waals surface area contributed by atoms with Crippen molar-refractivity contribution in [2.75, 3.05) is 43.6 Å². The quantitative estimate of drug-likeness (QED) is 0.406. The first-order valence-corrected chi connectivity index (χ1v) is 11.4. The monoisotopic (exact) mass is 487 g/mol. The van der Waals surface area contributed by atoms with E-state index >= 15 is 0 Å². The van der Waals surface area contributed by atoms with Crippen molar-refractivity contribution in [2.24, 2.45) is 0 Å². The molecule has 0 bridgehead atoms. The molecular formula is C23H20F3N5O2S. The lowest BCUT2D eigenvalue weighted by Gasteiger charge is -2.28. The van der Waals surface area contributed by atoms with Crippen molar-refractivity contribution < 1.29 is 22.6 Å². The highest BCUT2D eigenvalue weighted by Crippen LogP contribution is 2.41. The number of rotatable bonds is 5. The molecule has 0 aliphatic carbocycles. The first-order valence-electron chi connectivity index (χ1n) is 10.5. The lowest BCUT2D eigenvalue weighted by Crippen LogP contribution is -2.36. The van der Waals surface area contributed by atoms with Crippen molar-refractivity contribution in [3.8, 4) is 17.0 Å². The second-order valence-electron chi connectivity index (χ2n) is 7.55. The first kappa shape index (κ1) is 22.4. The highest BCUT2D eigenvalue weighted by Gasteiger charge is 2.34. The Hall–Kier alpha value is -3.44. The molecule has 4 heterocycles. The van der Waals surface area contributed by atoms with Gasteiger partial charge in [0.05, 0.1) is 42.3 Å². The van der Waals surface area contributed by atoms with E-state index in [1.807, 2.05) is 12.1 Å². The summed E-state index contributed by atoms with van der Waals surface area (Å²) in [5, 5.41) is 4.76. The van der Waals surface area contributed by atoms with Crippen molar-refractivity contribution in [3.05, 3.63) is 53.5 Å². The van der Waals surface area contributed by atoms with E-state index < -0.39 is 11.7 Å². The van der Waals surface area contributed by atoms with Gasteiger partial charge in [-0.1, -0.05) is 18.2 Å². The normalized spacial score (nSPS) is 14.4. The summed E-state index contributed by atoms with van der Waals surface area (Å²) in [5.41, 5.74) is 0.779. The predicted octanol–water partition coefficient (Wildman–Crippen LogP) is 5.36. The first-order chi connectivity index (χ1) is 16.4. The predicted molar refractivity (Wildman–Crippen MR) is 125 cm³/mol. The molecule has 0 radical (unpaired) electrons. The summed E-state index contributed by atoms with van der Waals surface area (Å²) in [7, 11) is 1.52. The van der Waals surface area contributed by atoms with Gasteiger partial charge in [0, 0.05) is 24.0 Å². The molecule has 1 aliphatic heterocycles. The minimum absolute atomic E-state index is 0.0833. The number of fused-ring (bicyclic) bond motifs is 1. The molecule has 3 aromatic heterocycles. The number of hydrogen-bond acceptors (Lipinski definition) is 8. The molecular weight excluding hydrogens is 467 g/mol. The van der Waals surface area contributed by atoms with E-state index in [2.05, 4.69) is 25.2 Å². The van der Waals surface area contributed by atoms with E-state index in [4.69, 9.17) is 9.47 Å². The van der Waals surface area contributed by atoms with Gasteiger partial charge in [-0.2, -0.15) is 18.2 Å². The van der Waals surface area contributed by atoms with Crippen molar-refractivity contribution >= 4 is 39.0 Å². The second kappa shape index (κ2) is 9.07. The van der Waals surface area contributed by atoms with Crippen LogP contribution in [0.15, 0.2) is 48.0 Å². The number of halogens is 3. The van der Waals surface area contributed by atoms with Gasteiger partial charge in [-0.05, 0) is 23.8 Å². The number of methoxy groups -OCH3 is 1. The Morgan fingerprint density at radius 2 is 1.85 bits per heavy atom. The maximum absolute atomic E-state index is 13.6. The molecule has 1 aromatic carbocycles. The molecule has 0 spiro atoms.